The molecular weight excluding hydrogens is 162 g/mol. The van der Waals surface area contributed by atoms with Crippen LogP contribution in [0.4, 0.5) is 0 Å². The molecule has 6 heteroatoms. The zero-order valence-corrected chi connectivity index (χ0v) is 6.80. The molecule has 0 aromatic heterocycles. The molecule has 4 unspecified atom stereocenters. The van der Waals surface area contributed by atoms with E-state index in [-0.39, 0.29) is 6.42 Å². The van der Waals surface area contributed by atoms with Crippen LogP contribution in [-0.2, 0) is 0 Å². The molecule has 0 radical (unpaired) electrons. The van der Waals surface area contributed by atoms with E-state index in [1.807, 2.05) is 0 Å². The number of hydrogen-bond donors (Lipinski definition) is 6. The Morgan fingerprint density at radius 3 is 1.83 bits per heavy atom. The van der Waals surface area contributed by atoms with Crippen LogP contribution in [0.25, 0.3) is 0 Å². The van der Waals surface area contributed by atoms with Gasteiger partial charge in [0.15, 0.2) is 0 Å². The van der Waals surface area contributed by atoms with Gasteiger partial charge < -0.3 is 32.5 Å². The highest BCUT2D eigenvalue weighted by molar-refractivity contribution is 4.78. The molecule has 4 atom stereocenters. The summed E-state index contributed by atoms with van der Waals surface area (Å²) >= 11 is 0. The zero-order chi connectivity index (χ0) is 9.72. The third-order valence-electron chi connectivity index (χ3n) is 1.66. The van der Waals surface area contributed by atoms with E-state index in [1.54, 1.807) is 0 Å². The maximum atomic E-state index is 9.00. The molecule has 6 nitrogen and oxygen atoms in total. The lowest BCUT2D eigenvalue weighted by molar-refractivity contribution is 0.0611. The maximum Gasteiger partial charge on any atom is 0.117 e. The van der Waals surface area contributed by atoms with Gasteiger partial charge in [0.1, 0.15) is 6.23 Å². The van der Waals surface area contributed by atoms with Crippen molar-refractivity contribution in [3.63, 3.8) is 0 Å². The highest BCUT2D eigenvalue weighted by Crippen LogP contribution is 2.00. The largest absolute Gasteiger partial charge is 0.394 e. The fourth-order valence-electron chi connectivity index (χ4n) is 0.746. The van der Waals surface area contributed by atoms with Crippen molar-refractivity contribution in [3.8, 4) is 0 Å². The lowest BCUT2D eigenvalue weighted by atomic mass is 10.0. The SMILES string of the molecule is NC(O)C(N)CC(N)C(O)CO. The smallest absolute Gasteiger partial charge is 0.117 e. The van der Waals surface area contributed by atoms with Crippen molar-refractivity contribution in [2.45, 2.75) is 30.8 Å². The Morgan fingerprint density at radius 1 is 1.00 bits per heavy atom. The fraction of sp³-hybridized carbons (Fsp3) is 1.00. The van der Waals surface area contributed by atoms with Crippen molar-refractivity contribution in [2.24, 2.45) is 17.2 Å². The Bertz CT molecular complexity index is 123. The van der Waals surface area contributed by atoms with Crippen LogP contribution in [0.2, 0.25) is 0 Å². The van der Waals surface area contributed by atoms with Gasteiger partial charge in [0.05, 0.1) is 12.7 Å². The molecule has 0 aliphatic carbocycles. The van der Waals surface area contributed by atoms with Crippen LogP contribution in [0, 0.1) is 0 Å². The molecule has 0 amide bonds. The molecule has 0 aromatic rings. The minimum absolute atomic E-state index is 0.166. The van der Waals surface area contributed by atoms with Gasteiger partial charge in [0, 0.05) is 12.1 Å². The first-order valence-corrected chi connectivity index (χ1v) is 3.72. The third-order valence-corrected chi connectivity index (χ3v) is 1.66. The van der Waals surface area contributed by atoms with Crippen molar-refractivity contribution in [1.29, 1.82) is 0 Å². The van der Waals surface area contributed by atoms with E-state index in [0.29, 0.717) is 0 Å². The molecule has 9 N–H and O–H groups in total. The van der Waals surface area contributed by atoms with Gasteiger partial charge in [-0.15, -0.1) is 0 Å². The number of rotatable bonds is 5. The molecule has 0 aromatic carbocycles. The second kappa shape index (κ2) is 5.41. The summed E-state index contributed by atoms with van der Waals surface area (Å²) in [6.07, 6.45) is -2.00. The quantitative estimate of drug-likeness (QED) is 0.244. The van der Waals surface area contributed by atoms with E-state index < -0.39 is 31.0 Å². The number of aliphatic hydroxyl groups is 3. The molecule has 0 saturated carbocycles. The Hall–Kier alpha value is -0.240. The van der Waals surface area contributed by atoms with E-state index >= 15 is 0 Å². The molecule has 0 aliphatic heterocycles. The summed E-state index contributed by atoms with van der Waals surface area (Å²) < 4.78 is 0. The van der Waals surface area contributed by atoms with Gasteiger partial charge in [-0.2, -0.15) is 0 Å². The Kier molecular flexibility index (Phi) is 5.31. The van der Waals surface area contributed by atoms with Gasteiger partial charge in [0.2, 0.25) is 0 Å². The summed E-state index contributed by atoms with van der Waals surface area (Å²) in [6.45, 7) is -0.422. The van der Waals surface area contributed by atoms with Gasteiger partial charge in [-0.1, -0.05) is 0 Å². The summed E-state index contributed by atoms with van der Waals surface area (Å²) in [7, 11) is 0. The average Bonchev–Trinajstić information content (AvgIpc) is 2.02. The van der Waals surface area contributed by atoms with E-state index in [1.165, 1.54) is 0 Å². The van der Waals surface area contributed by atoms with Crippen LogP contribution < -0.4 is 17.2 Å². The molecule has 0 fully saturated rings. The summed E-state index contributed by atoms with van der Waals surface area (Å²) in [4.78, 5) is 0. The van der Waals surface area contributed by atoms with Crippen molar-refractivity contribution in [3.05, 3.63) is 0 Å². The minimum atomic E-state index is -1.15. The van der Waals surface area contributed by atoms with Crippen LogP contribution in [0.5, 0.6) is 0 Å². The topological polar surface area (TPSA) is 139 Å². The predicted octanol–water partition coefficient (Wildman–Crippen LogP) is -3.34. The summed E-state index contributed by atoms with van der Waals surface area (Å²) in [6, 6.07) is -1.34. The number of hydrogen-bond acceptors (Lipinski definition) is 6. The fourth-order valence-corrected chi connectivity index (χ4v) is 0.746. The Morgan fingerprint density at radius 2 is 1.50 bits per heavy atom. The molecular formula is C6H17N3O3. The number of aliphatic hydroxyl groups excluding tert-OH is 3. The Labute approximate surface area is 71.0 Å². The molecule has 12 heavy (non-hydrogen) atoms. The van der Waals surface area contributed by atoms with E-state index in [4.69, 9.17) is 32.5 Å². The molecule has 0 aliphatic rings. The van der Waals surface area contributed by atoms with Crippen molar-refractivity contribution in [2.75, 3.05) is 6.61 Å². The van der Waals surface area contributed by atoms with Crippen LogP contribution in [-0.4, -0.2) is 46.3 Å². The van der Waals surface area contributed by atoms with Crippen molar-refractivity contribution in [1.82, 2.24) is 0 Å². The van der Waals surface area contributed by atoms with Gasteiger partial charge in [-0.25, -0.2) is 0 Å². The molecule has 74 valence electrons. The monoisotopic (exact) mass is 179 g/mol. The highest BCUT2D eigenvalue weighted by Gasteiger charge is 2.19. The molecule has 0 spiro atoms. The van der Waals surface area contributed by atoms with Crippen LogP contribution in [0.1, 0.15) is 6.42 Å². The van der Waals surface area contributed by atoms with E-state index in [9.17, 15) is 0 Å². The second-order valence-corrected chi connectivity index (χ2v) is 2.80. The van der Waals surface area contributed by atoms with Gasteiger partial charge in [0.25, 0.3) is 0 Å². The van der Waals surface area contributed by atoms with Gasteiger partial charge in [-0.3, -0.25) is 0 Å². The Balaban J connectivity index is 3.75. The first kappa shape index (κ1) is 11.8. The standard InChI is InChI=1S/C6H17N3O3/c7-3(5(11)2-10)1-4(8)6(9)12/h3-6,10-12H,1-2,7-9H2. The van der Waals surface area contributed by atoms with Crippen LogP contribution >= 0.6 is 0 Å². The highest BCUT2D eigenvalue weighted by atomic mass is 16.3. The zero-order valence-electron chi connectivity index (χ0n) is 6.80. The van der Waals surface area contributed by atoms with Crippen LogP contribution in [0.3, 0.4) is 0 Å². The maximum absolute atomic E-state index is 9.00. The second-order valence-electron chi connectivity index (χ2n) is 2.80. The van der Waals surface area contributed by atoms with E-state index in [0.717, 1.165) is 0 Å². The molecule has 0 heterocycles. The van der Waals surface area contributed by atoms with Gasteiger partial charge in [-0.05, 0) is 6.42 Å². The lowest BCUT2D eigenvalue weighted by Gasteiger charge is -2.21. The van der Waals surface area contributed by atoms with Gasteiger partial charge >= 0.3 is 0 Å². The average molecular weight is 179 g/mol. The minimum Gasteiger partial charge on any atom is -0.394 e. The molecule has 0 bridgehead atoms. The first-order chi connectivity index (χ1) is 5.49. The summed E-state index contributed by atoms with van der Waals surface area (Å²) in [5, 5.41) is 26.3. The van der Waals surface area contributed by atoms with Crippen LogP contribution in [0.15, 0.2) is 0 Å². The first-order valence-electron chi connectivity index (χ1n) is 3.72. The van der Waals surface area contributed by atoms with E-state index in [2.05, 4.69) is 0 Å². The van der Waals surface area contributed by atoms with Crippen molar-refractivity contribution < 1.29 is 15.3 Å². The lowest BCUT2D eigenvalue weighted by Crippen LogP contribution is -2.48. The molecule has 0 saturated heterocycles. The summed E-state index contributed by atoms with van der Waals surface area (Å²) in [5.41, 5.74) is 15.8. The molecule has 0 rings (SSSR count). The third kappa shape index (κ3) is 3.96. The summed E-state index contributed by atoms with van der Waals surface area (Å²) in [5.74, 6) is 0. The number of nitrogens with two attached hydrogens (primary N) is 3. The van der Waals surface area contributed by atoms with Crippen molar-refractivity contribution >= 4 is 0 Å². The normalized spacial score (nSPS) is 21.5. The predicted molar refractivity (Wildman–Crippen MR) is 43.9 cm³/mol.